The van der Waals surface area contributed by atoms with Gasteiger partial charge in [0.05, 0.1) is 36.7 Å². The van der Waals surface area contributed by atoms with Gasteiger partial charge >= 0.3 is 7.12 Å². The van der Waals surface area contributed by atoms with Crippen LogP contribution in [0.1, 0.15) is 41.5 Å². The Morgan fingerprint density at radius 3 is 2.32 bits per heavy atom. The molecule has 5 nitrogen and oxygen atoms in total. The molecule has 2 heterocycles. The van der Waals surface area contributed by atoms with Crippen LogP contribution in [-0.4, -0.2) is 28.1 Å². The Morgan fingerprint density at radius 2 is 1.77 bits per heavy atom. The average Bonchev–Trinajstić information content (AvgIpc) is 2.98. The highest BCUT2D eigenvalue weighted by atomic mass is 16.7. The molecule has 22 heavy (non-hydrogen) atoms. The summed E-state index contributed by atoms with van der Waals surface area (Å²) in [6.45, 7) is 7.31. The van der Waals surface area contributed by atoms with Gasteiger partial charge in [0.1, 0.15) is 0 Å². The fraction of sp³-hybridized carbons (Fsp3) is 0.375. The molecular weight excluding hydrogens is 277 g/mol. The summed E-state index contributed by atoms with van der Waals surface area (Å²) < 4.78 is 61.2. The van der Waals surface area contributed by atoms with E-state index in [4.69, 9.17) is 22.8 Å². The smallest absolute Gasteiger partial charge is 0.399 e. The zero-order valence-corrected chi connectivity index (χ0v) is 12.7. The first-order valence-corrected chi connectivity index (χ1v) is 6.76. The number of rotatable bonds is 2. The quantitative estimate of drug-likeness (QED) is 0.797. The number of nitrogens with zero attached hydrogens (tertiary/aromatic N) is 3. The maximum absolute atomic E-state index is 9.07. The summed E-state index contributed by atoms with van der Waals surface area (Å²) in [7, 11) is -1.04. The van der Waals surface area contributed by atoms with Crippen molar-refractivity contribution >= 4 is 12.6 Å². The molecule has 0 atom stereocenters. The van der Waals surface area contributed by atoms with E-state index in [1.54, 1.807) is 6.07 Å². The molecular formula is C16H18BN3O2. The third kappa shape index (κ3) is 2.43. The Hall–Kier alpha value is -2.10. The van der Waals surface area contributed by atoms with Crippen molar-refractivity contribution in [3.8, 4) is 11.8 Å². The topological polar surface area (TPSA) is 60.1 Å². The van der Waals surface area contributed by atoms with Gasteiger partial charge in [-0.3, -0.25) is 0 Å². The van der Waals surface area contributed by atoms with Crippen molar-refractivity contribution in [1.82, 2.24) is 9.78 Å². The van der Waals surface area contributed by atoms with Gasteiger partial charge in [-0.2, -0.15) is 10.4 Å². The Balaban J connectivity index is 2.19. The normalized spacial score (nSPS) is 23.0. The number of benzene rings is 1. The lowest BCUT2D eigenvalue weighted by Gasteiger charge is -2.32. The predicted molar refractivity (Wildman–Crippen MR) is 84.0 cm³/mol. The van der Waals surface area contributed by atoms with Crippen LogP contribution in [0.2, 0.25) is 0 Å². The minimum absolute atomic E-state index is 0.0277. The molecule has 0 aliphatic carbocycles. The summed E-state index contributed by atoms with van der Waals surface area (Å²) in [6, 6.07) is -0.450. The largest absolute Gasteiger partial charge is 0.498 e. The Kier molecular flexibility index (Phi) is 2.07. The van der Waals surface area contributed by atoms with Gasteiger partial charge in [-0.1, -0.05) is 0 Å². The molecule has 112 valence electrons. The molecule has 0 N–H and O–H groups in total. The van der Waals surface area contributed by atoms with Crippen LogP contribution >= 0.6 is 0 Å². The van der Waals surface area contributed by atoms with Gasteiger partial charge in [0.2, 0.25) is 0 Å². The molecule has 1 aromatic heterocycles. The van der Waals surface area contributed by atoms with Crippen molar-refractivity contribution in [1.29, 1.82) is 5.26 Å². The molecule has 0 saturated carbocycles. The van der Waals surface area contributed by atoms with Crippen LogP contribution in [0.25, 0.3) is 5.69 Å². The Bertz CT molecular complexity index is 986. The van der Waals surface area contributed by atoms with Crippen molar-refractivity contribution in [3.05, 3.63) is 42.1 Å². The van der Waals surface area contributed by atoms with E-state index in [2.05, 4.69) is 5.10 Å². The summed E-state index contributed by atoms with van der Waals surface area (Å²) >= 11 is 0. The highest BCUT2D eigenvalue weighted by molar-refractivity contribution is 6.62. The zero-order valence-electron chi connectivity index (χ0n) is 18.7. The van der Waals surface area contributed by atoms with Crippen LogP contribution in [0.3, 0.4) is 0 Å². The first kappa shape index (κ1) is 9.14. The molecule has 3 rings (SSSR count). The monoisotopic (exact) mass is 301 g/mol. The van der Waals surface area contributed by atoms with Crippen LogP contribution in [-0.2, 0) is 9.31 Å². The molecule has 1 fully saturated rings. The summed E-state index contributed by atoms with van der Waals surface area (Å²) in [5.41, 5.74) is -2.07. The maximum atomic E-state index is 9.07. The van der Waals surface area contributed by atoms with E-state index < -0.39 is 48.1 Å². The van der Waals surface area contributed by atoms with E-state index in [1.807, 2.05) is 27.7 Å². The van der Waals surface area contributed by atoms with Gasteiger partial charge in [0.15, 0.2) is 0 Å². The van der Waals surface area contributed by atoms with Crippen LogP contribution in [0, 0.1) is 11.3 Å². The van der Waals surface area contributed by atoms with Gasteiger partial charge in [-0.05, 0) is 51.9 Å². The van der Waals surface area contributed by atoms with Crippen LogP contribution in [0.5, 0.6) is 0 Å². The fourth-order valence-corrected chi connectivity index (χ4v) is 1.91. The van der Waals surface area contributed by atoms with Crippen LogP contribution in [0.4, 0.5) is 0 Å². The molecule has 1 aromatic carbocycles. The van der Waals surface area contributed by atoms with E-state index in [0.717, 1.165) is 4.68 Å². The molecule has 1 aliphatic rings. The number of aromatic nitrogens is 2. The number of hydrogen-bond donors (Lipinski definition) is 0. The molecule has 6 heteroatoms. The van der Waals surface area contributed by atoms with E-state index in [0.29, 0.717) is 0 Å². The van der Waals surface area contributed by atoms with Crippen LogP contribution < -0.4 is 5.46 Å². The molecule has 0 unspecified atom stereocenters. The van der Waals surface area contributed by atoms with Crippen LogP contribution in [0.15, 0.2) is 36.5 Å². The second-order valence-electron chi connectivity index (χ2n) is 5.97. The molecule has 0 spiro atoms. The average molecular weight is 301 g/mol. The summed E-state index contributed by atoms with van der Waals surface area (Å²) in [5, 5.41) is 13.0. The van der Waals surface area contributed by atoms with Gasteiger partial charge in [-0.15, -0.1) is 0 Å². The van der Waals surface area contributed by atoms with E-state index in [1.165, 1.54) is 0 Å². The Labute approximate surface area is 139 Å². The SMILES string of the molecule is [2H]c1nn(-c2c([2H])c([2H])c(C#N)c([2H])c2[2H])c([2H])c1B1OC(C)(C)C(C)(C)O1. The lowest BCUT2D eigenvalue weighted by atomic mass is 9.82. The highest BCUT2D eigenvalue weighted by Gasteiger charge is 2.52. The second kappa shape index (κ2) is 4.97. The van der Waals surface area contributed by atoms with Gasteiger partial charge in [0, 0.05) is 17.8 Å². The third-order valence-electron chi connectivity index (χ3n) is 3.92. The minimum Gasteiger partial charge on any atom is -0.399 e. The third-order valence-corrected chi connectivity index (χ3v) is 3.92. The fourth-order valence-electron chi connectivity index (χ4n) is 1.91. The molecule has 1 saturated heterocycles. The minimum atomic E-state index is -1.04. The lowest BCUT2D eigenvalue weighted by molar-refractivity contribution is 0.00578. The first-order valence-electron chi connectivity index (χ1n) is 9.76. The molecule has 0 amide bonds. The molecule has 0 bridgehead atoms. The molecule has 2 aromatic rings. The summed E-state index contributed by atoms with van der Waals surface area (Å²) in [5.74, 6) is 0. The number of nitriles is 1. The predicted octanol–water partition coefficient (Wildman–Crippen LogP) is 2.04. The van der Waals surface area contributed by atoms with Crippen molar-refractivity contribution in [2.75, 3.05) is 0 Å². The van der Waals surface area contributed by atoms with Gasteiger partial charge < -0.3 is 9.31 Å². The van der Waals surface area contributed by atoms with E-state index >= 15 is 0 Å². The van der Waals surface area contributed by atoms with Crippen molar-refractivity contribution in [2.24, 2.45) is 0 Å². The Morgan fingerprint density at radius 1 is 1.18 bits per heavy atom. The van der Waals surface area contributed by atoms with Crippen molar-refractivity contribution < 1.29 is 17.5 Å². The highest BCUT2D eigenvalue weighted by Crippen LogP contribution is 2.36. The standard InChI is InChI=1S/C16H18BN3O2/c1-15(2)16(3,4)22-17(21-15)13-10-19-20(11-13)14-7-5-12(9-18)6-8-14/h5-8,10-11H,1-4H3/i5D,6D,7D,8D,10D,11D. The summed E-state index contributed by atoms with van der Waals surface area (Å²) in [6.07, 6.45) is -0.668. The van der Waals surface area contributed by atoms with Crippen molar-refractivity contribution in [3.63, 3.8) is 0 Å². The molecule has 1 aliphatic heterocycles. The summed E-state index contributed by atoms with van der Waals surface area (Å²) in [4.78, 5) is 0. The lowest BCUT2D eigenvalue weighted by Crippen LogP contribution is -2.41. The molecule has 0 radical (unpaired) electrons. The van der Waals surface area contributed by atoms with Gasteiger partial charge in [0.25, 0.3) is 0 Å². The van der Waals surface area contributed by atoms with Gasteiger partial charge in [-0.25, -0.2) is 4.68 Å². The number of hydrogen-bond acceptors (Lipinski definition) is 4. The van der Waals surface area contributed by atoms with E-state index in [9.17, 15) is 0 Å². The zero-order chi connectivity index (χ0) is 21.2. The maximum Gasteiger partial charge on any atom is 0.498 e. The second-order valence-corrected chi connectivity index (χ2v) is 5.97. The van der Waals surface area contributed by atoms with E-state index in [-0.39, 0.29) is 23.5 Å². The first-order chi connectivity index (χ1) is 12.8. The van der Waals surface area contributed by atoms with Crippen molar-refractivity contribution in [2.45, 2.75) is 38.9 Å².